The van der Waals surface area contributed by atoms with E-state index in [4.69, 9.17) is 10.8 Å². The van der Waals surface area contributed by atoms with Crippen LogP contribution >= 0.6 is 22.6 Å². The zero-order valence-corrected chi connectivity index (χ0v) is 16.0. The molecule has 23 heavy (non-hydrogen) atoms. The number of halogens is 1. The number of unbranched alkanes of at least 4 members (excludes halogenated alkanes) is 6. The van der Waals surface area contributed by atoms with Gasteiger partial charge >= 0.3 is 0 Å². The lowest BCUT2D eigenvalue weighted by atomic mass is 10.0. The molecule has 0 spiro atoms. The minimum absolute atomic E-state index is 0.187. The van der Waals surface area contributed by atoms with Crippen LogP contribution in [0.25, 0.3) is 0 Å². The van der Waals surface area contributed by atoms with Gasteiger partial charge in [-0.3, -0.25) is 0 Å². The first-order chi connectivity index (χ1) is 11.1. The van der Waals surface area contributed by atoms with E-state index in [1.54, 1.807) is 6.08 Å². The minimum Gasteiger partial charge on any atom is -0.395 e. The average molecular weight is 431 g/mol. The molecule has 0 heterocycles. The first-order valence-corrected chi connectivity index (χ1v) is 9.67. The SMILES string of the molecule is N[C@@H](CO)[C@H](O)/C=C/CCCCCCCCc1ccc(I)cc1. The number of benzene rings is 1. The van der Waals surface area contributed by atoms with Crippen LogP contribution in [0.15, 0.2) is 36.4 Å². The van der Waals surface area contributed by atoms with E-state index >= 15 is 0 Å². The zero-order valence-electron chi connectivity index (χ0n) is 13.8. The minimum atomic E-state index is -0.735. The highest BCUT2D eigenvalue weighted by Gasteiger charge is 2.08. The third kappa shape index (κ3) is 10.1. The van der Waals surface area contributed by atoms with E-state index in [9.17, 15) is 5.11 Å². The Morgan fingerprint density at radius 1 is 1.00 bits per heavy atom. The number of aryl methyl sites for hydroxylation is 1. The van der Waals surface area contributed by atoms with Crippen LogP contribution in [0.5, 0.6) is 0 Å². The van der Waals surface area contributed by atoms with E-state index in [1.165, 1.54) is 47.7 Å². The molecule has 1 aromatic carbocycles. The fourth-order valence-corrected chi connectivity index (χ4v) is 2.80. The molecule has 0 saturated heterocycles. The lowest BCUT2D eigenvalue weighted by molar-refractivity contribution is 0.144. The Bertz CT molecular complexity index is 434. The molecule has 3 nitrogen and oxygen atoms in total. The summed E-state index contributed by atoms with van der Waals surface area (Å²) in [6.07, 6.45) is 12.6. The van der Waals surface area contributed by atoms with Gasteiger partial charge < -0.3 is 15.9 Å². The van der Waals surface area contributed by atoms with Gasteiger partial charge in [0.05, 0.1) is 18.8 Å². The van der Waals surface area contributed by atoms with Crippen molar-refractivity contribution in [2.24, 2.45) is 5.73 Å². The maximum absolute atomic E-state index is 9.55. The predicted octanol–water partition coefficient (Wildman–Crippen LogP) is 3.80. The first kappa shape index (κ1) is 20.6. The molecule has 0 aliphatic heterocycles. The van der Waals surface area contributed by atoms with Crippen LogP contribution in [0.4, 0.5) is 0 Å². The van der Waals surface area contributed by atoms with Crippen LogP contribution in [-0.4, -0.2) is 29.0 Å². The van der Waals surface area contributed by atoms with Crippen LogP contribution in [0, 0.1) is 3.57 Å². The fraction of sp³-hybridized carbons (Fsp3) is 0.579. The van der Waals surface area contributed by atoms with Crippen molar-refractivity contribution in [2.75, 3.05) is 6.61 Å². The van der Waals surface area contributed by atoms with Crippen molar-refractivity contribution < 1.29 is 10.2 Å². The molecule has 0 bridgehead atoms. The van der Waals surface area contributed by atoms with Crippen LogP contribution in [-0.2, 0) is 6.42 Å². The van der Waals surface area contributed by atoms with Gasteiger partial charge in [-0.2, -0.15) is 0 Å². The van der Waals surface area contributed by atoms with Gasteiger partial charge in [-0.1, -0.05) is 50.0 Å². The molecular formula is C19H30INO2. The van der Waals surface area contributed by atoms with Crippen LogP contribution in [0.2, 0.25) is 0 Å². The van der Waals surface area contributed by atoms with Gasteiger partial charge in [-0.15, -0.1) is 0 Å². The monoisotopic (exact) mass is 431 g/mol. The van der Waals surface area contributed by atoms with Gasteiger partial charge in [0.2, 0.25) is 0 Å². The molecule has 1 rings (SSSR count). The van der Waals surface area contributed by atoms with E-state index in [0.29, 0.717) is 0 Å². The van der Waals surface area contributed by atoms with Gasteiger partial charge in [0.25, 0.3) is 0 Å². The van der Waals surface area contributed by atoms with E-state index in [1.807, 2.05) is 6.08 Å². The molecule has 0 radical (unpaired) electrons. The Morgan fingerprint density at radius 3 is 2.26 bits per heavy atom. The summed E-state index contributed by atoms with van der Waals surface area (Å²) in [4.78, 5) is 0. The molecule has 0 aliphatic carbocycles. The number of hydrogen-bond donors (Lipinski definition) is 3. The normalized spacial score (nSPS) is 14.3. The largest absolute Gasteiger partial charge is 0.395 e. The third-order valence-electron chi connectivity index (χ3n) is 3.98. The van der Waals surface area contributed by atoms with Crippen molar-refractivity contribution in [1.29, 1.82) is 0 Å². The fourth-order valence-electron chi connectivity index (χ4n) is 2.44. The Balaban J connectivity index is 1.93. The number of nitrogens with two attached hydrogens (primary N) is 1. The summed E-state index contributed by atoms with van der Waals surface area (Å²) in [6.45, 7) is -0.187. The molecular weight excluding hydrogens is 401 g/mol. The first-order valence-electron chi connectivity index (χ1n) is 8.59. The molecule has 4 N–H and O–H groups in total. The Labute approximate surface area is 154 Å². The van der Waals surface area contributed by atoms with Gasteiger partial charge in [0, 0.05) is 3.57 Å². The zero-order chi connectivity index (χ0) is 16.9. The Kier molecular flexibility index (Phi) is 11.6. The van der Waals surface area contributed by atoms with Gasteiger partial charge in [-0.25, -0.2) is 0 Å². The lowest BCUT2D eigenvalue weighted by Gasteiger charge is -2.11. The van der Waals surface area contributed by atoms with Crippen molar-refractivity contribution in [3.05, 3.63) is 45.6 Å². The van der Waals surface area contributed by atoms with Crippen molar-refractivity contribution >= 4 is 22.6 Å². The van der Waals surface area contributed by atoms with Crippen molar-refractivity contribution in [2.45, 2.75) is 63.5 Å². The second-order valence-electron chi connectivity index (χ2n) is 6.05. The summed E-state index contributed by atoms with van der Waals surface area (Å²) < 4.78 is 1.30. The number of allylic oxidation sites excluding steroid dienone is 1. The van der Waals surface area contributed by atoms with E-state index in [-0.39, 0.29) is 6.61 Å². The Morgan fingerprint density at radius 2 is 1.61 bits per heavy atom. The third-order valence-corrected chi connectivity index (χ3v) is 4.70. The smallest absolute Gasteiger partial charge is 0.0894 e. The summed E-state index contributed by atoms with van der Waals surface area (Å²) >= 11 is 2.34. The highest BCUT2D eigenvalue weighted by atomic mass is 127. The topological polar surface area (TPSA) is 66.5 Å². The second-order valence-corrected chi connectivity index (χ2v) is 7.30. The van der Waals surface area contributed by atoms with Crippen LogP contribution in [0.1, 0.15) is 50.5 Å². The van der Waals surface area contributed by atoms with E-state index in [2.05, 4.69) is 46.9 Å². The number of aliphatic hydroxyl groups is 2. The summed E-state index contributed by atoms with van der Waals surface area (Å²) in [5.74, 6) is 0. The maximum Gasteiger partial charge on any atom is 0.0894 e. The summed E-state index contributed by atoms with van der Waals surface area (Å²) in [5, 5.41) is 18.4. The van der Waals surface area contributed by atoms with Gasteiger partial charge in [0.15, 0.2) is 0 Å². The quantitative estimate of drug-likeness (QED) is 0.268. The van der Waals surface area contributed by atoms with Crippen LogP contribution < -0.4 is 5.73 Å². The van der Waals surface area contributed by atoms with Gasteiger partial charge in [-0.05, 0) is 66.0 Å². The molecule has 0 amide bonds. The highest BCUT2D eigenvalue weighted by molar-refractivity contribution is 14.1. The van der Waals surface area contributed by atoms with Gasteiger partial charge in [0.1, 0.15) is 0 Å². The molecule has 130 valence electrons. The van der Waals surface area contributed by atoms with E-state index in [0.717, 1.165) is 12.8 Å². The van der Waals surface area contributed by atoms with Crippen molar-refractivity contribution in [3.63, 3.8) is 0 Å². The second kappa shape index (κ2) is 12.9. The molecule has 1 aromatic rings. The van der Waals surface area contributed by atoms with E-state index < -0.39 is 12.1 Å². The lowest BCUT2D eigenvalue weighted by Crippen LogP contribution is -2.36. The average Bonchev–Trinajstić information content (AvgIpc) is 2.57. The number of hydrogen-bond acceptors (Lipinski definition) is 3. The summed E-state index contributed by atoms with van der Waals surface area (Å²) in [7, 11) is 0. The number of aliphatic hydroxyl groups excluding tert-OH is 2. The summed E-state index contributed by atoms with van der Waals surface area (Å²) in [5.41, 5.74) is 6.96. The molecule has 0 unspecified atom stereocenters. The highest BCUT2D eigenvalue weighted by Crippen LogP contribution is 2.12. The number of rotatable bonds is 12. The molecule has 2 atom stereocenters. The molecule has 0 aliphatic rings. The molecule has 0 saturated carbocycles. The standard InChI is InChI=1S/C19H30INO2/c20-17-13-11-16(12-14-17)9-7-5-3-1-2-4-6-8-10-19(23)18(21)15-22/h8,10-14,18-19,22-23H,1-7,9,15,21H2/b10-8+/t18-,19+/m0/s1. The molecule has 0 fully saturated rings. The van der Waals surface area contributed by atoms with Crippen molar-refractivity contribution in [3.8, 4) is 0 Å². The van der Waals surface area contributed by atoms with Crippen molar-refractivity contribution in [1.82, 2.24) is 0 Å². The molecule has 0 aromatic heterocycles. The molecule has 4 heteroatoms. The Hall–Kier alpha value is -0.430. The maximum atomic E-state index is 9.55. The van der Waals surface area contributed by atoms with Crippen LogP contribution in [0.3, 0.4) is 0 Å². The predicted molar refractivity (Wildman–Crippen MR) is 105 cm³/mol. The summed E-state index contributed by atoms with van der Waals surface area (Å²) in [6, 6.07) is 8.23.